The number of benzene rings is 1. The lowest BCUT2D eigenvalue weighted by Gasteiger charge is -2.39. The van der Waals surface area contributed by atoms with Gasteiger partial charge in [-0.1, -0.05) is 63.5 Å². The Morgan fingerprint density at radius 2 is 1.70 bits per heavy atom. The highest BCUT2D eigenvalue weighted by Gasteiger charge is 2.41. The smallest absolute Gasteiger partial charge is 0.230 e. The van der Waals surface area contributed by atoms with E-state index in [2.05, 4.69) is 5.32 Å². The molecular formula is C26H39NO3. The summed E-state index contributed by atoms with van der Waals surface area (Å²) in [5, 5.41) is 3.29. The minimum Gasteiger partial charge on any atom is -0.489 e. The number of carbonyl (C=O) groups excluding carboxylic acids is 1. The van der Waals surface area contributed by atoms with Crippen LogP contribution in [0.3, 0.4) is 0 Å². The predicted octanol–water partition coefficient (Wildman–Crippen LogP) is 6.49. The molecule has 1 saturated heterocycles. The molecule has 1 amide bonds. The quantitative estimate of drug-likeness (QED) is 0.555. The fourth-order valence-corrected chi connectivity index (χ4v) is 5.77. The number of hydrogen-bond acceptors (Lipinski definition) is 3. The molecule has 0 bridgehead atoms. The molecule has 166 valence electrons. The Hall–Kier alpha value is -1.55. The third-order valence-corrected chi connectivity index (χ3v) is 7.53. The Kier molecular flexibility index (Phi) is 7.70. The molecule has 3 fully saturated rings. The van der Waals surface area contributed by atoms with Gasteiger partial charge in [0.25, 0.3) is 0 Å². The average molecular weight is 414 g/mol. The minimum atomic E-state index is -0.195. The fraction of sp³-hybridized carbons (Fsp3) is 0.731. The lowest BCUT2D eigenvalue weighted by atomic mass is 9.66. The molecule has 30 heavy (non-hydrogen) atoms. The van der Waals surface area contributed by atoms with Crippen LogP contribution in [0.2, 0.25) is 0 Å². The first kappa shape index (κ1) is 21.7. The second-order valence-corrected chi connectivity index (χ2v) is 9.80. The van der Waals surface area contributed by atoms with Gasteiger partial charge in [0.1, 0.15) is 12.4 Å². The maximum Gasteiger partial charge on any atom is 0.230 e. The monoisotopic (exact) mass is 413 g/mol. The molecule has 0 aromatic heterocycles. The van der Waals surface area contributed by atoms with E-state index in [0.29, 0.717) is 6.61 Å². The van der Waals surface area contributed by atoms with Gasteiger partial charge in [-0.2, -0.15) is 0 Å². The van der Waals surface area contributed by atoms with Crippen molar-refractivity contribution in [1.29, 1.82) is 0 Å². The van der Waals surface area contributed by atoms with E-state index < -0.39 is 0 Å². The number of para-hydroxylation sites is 2. The van der Waals surface area contributed by atoms with Crippen molar-refractivity contribution in [3.8, 4) is 5.75 Å². The molecule has 1 unspecified atom stereocenters. The van der Waals surface area contributed by atoms with Crippen molar-refractivity contribution >= 4 is 11.6 Å². The van der Waals surface area contributed by atoms with Gasteiger partial charge in [-0.3, -0.25) is 4.79 Å². The molecule has 3 aliphatic rings. The lowest BCUT2D eigenvalue weighted by Crippen LogP contribution is -2.40. The topological polar surface area (TPSA) is 47.6 Å². The highest BCUT2D eigenvalue weighted by molar-refractivity contribution is 5.96. The van der Waals surface area contributed by atoms with Crippen LogP contribution in [0, 0.1) is 11.3 Å². The molecule has 1 aliphatic heterocycles. The molecule has 1 N–H and O–H groups in total. The zero-order valence-electron chi connectivity index (χ0n) is 18.5. The van der Waals surface area contributed by atoms with Gasteiger partial charge in [0, 0.05) is 12.0 Å². The Balaban J connectivity index is 1.42. The number of carbonyl (C=O) groups is 1. The number of rotatable bonds is 7. The van der Waals surface area contributed by atoms with Crippen LogP contribution in [0.5, 0.6) is 5.75 Å². The minimum absolute atomic E-state index is 0.165. The Labute approximate surface area is 182 Å². The highest BCUT2D eigenvalue weighted by Crippen LogP contribution is 2.45. The van der Waals surface area contributed by atoms with Crippen molar-refractivity contribution in [2.45, 2.75) is 96.0 Å². The Bertz CT molecular complexity index is 671. The van der Waals surface area contributed by atoms with Crippen molar-refractivity contribution in [2.75, 3.05) is 18.5 Å². The summed E-state index contributed by atoms with van der Waals surface area (Å²) in [6.45, 7) is 1.39. The average Bonchev–Trinajstić information content (AvgIpc) is 2.80. The van der Waals surface area contributed by atoms with Crippen molar-refractivity contribution < 1.29 is 14.3 Å². The highest BCUT2D eigenvalue weighted by atomic mass is 16.5. The number of nitrogens with one attached hydrogen (secondary N) is 1. The van der Waals surface area contributed by atoms with Crippen LogP contribution in [-0.2, 0) is 9.53 Å². The van der Waals surface area contributed by atoms with E-state index in [9.17, 15) is 4.79 Å². The van der Waals surface area contributed by atoms with Crippen molar-refractivity contribution in [1.82, 2.24) is 0 Å². The van der Waals surface area contributed by atoms with Crippen molar-refractivity contribution in [3.05, 3.63) is 24.3 Å². The predicted molar refractivity (Wildman–Crippen MR) is 121 cm³/mol. The molecule has 1 aromatic carbocycles. The maximum absolute atomic E-state index is 13.6. The van der Waals surface area contributed by atoms with Gasteiger partial charge in [0.15, 0.2) is 0 Å². The van der Waals surface area contributed by atoms with E-state index in [1.807, 2.05) is 24.3 Å². The van der Waals surface area contributed by atoms with Crippen molar-refractivity contribution in [3.63, 3.8) is 0 Å². The standard InChI is InChI=1S/C26H39NO3/c28-25(26(16-8-2-9-17-26)19-21-11-3-1-4-12-21)27-23-14-5-6-15-24(23)30-20-22-13-7-10-18-29-22/h5-6,14-15,21-22H,1-4,7-13,16-20H2,(H,27,28). The summed E-state index contributed by atoms with van der Waals surface area (Å²) in [5.74, 6) is 1.71. The first-order valence-electron chi connectivity index (χ1n) is 12.4. The van der Waals surface area contributed by atoms with Gasteiger partial charge in [0.2, 0.25) is 5.91 Å². The van der Waals surface area contributed by atoms with Gasteiger partial charge in [0.05, 0.1) is 11.8 Å². The molecule has 1 aromatic rings. The summed E-state index contributed by atoms with van der Waals surface area (Å²) >= 11 is 0. The van der Waals surface area contributed by atoms with E-state index in [1.165, 1.54) is 57.8 Å². The van der Waals surface area contributed by atoms with Crippen LogP contribution in [0.25, 0.3) is 0 Å². The van der Waals surface area contributed by atoms with E-state index in [0.717, 1.165) is 56.1 Å². The van der Waals surface area contributed by atoms with Gasteiger partial charge in [-0.05, 0) is 56.6 Å². The summed E-state index contributed by atoms with van der Waals surface area (Å²) in [4.78, 5) is 13.6. The third kappa shape index (κ3) is 5.57. The number of amides is 1. The molecule has 2 saturated carbocycles. The Morgan fingerprint density at radius 3 is 2.47 bits per heavy atom. The first-order valence-corrected chi connectivity index (χ1v) is 12.4. The second kappa shape index (κ2) is 10.7. The molecular weight excluding hydrogens is 374 g/mol. The van der Waals surface area contributed by atoms with Gasteiger partial charge in [-0.25, -0.2) is 0 Å². The van der Waals surface area contributed by atoms with E-state index in [1.54, 1.807) is 0 Å². The van der Waals surface area contributed by atoms with E-state index in [-0.39, 0.29) is 17.4 Å². The zero-order valence-corrected chi connectivity index (χ0v) is 18.5. The van der Waals surface area contributed by atoms with Crippen LogP contribution < -0.4 is 10.1 Å². The molecule has 4 heteroatoms. The molecule has 4 rings (SSSR count). The maximum atomic E-state index is 13.6. The number of anilines is 1. The molecule has 1 atom stereocenters. The van der Waals surface area contributed by atoms with Crippen LogP contribution in [0.15, 0.2) is 24.3 Å². The normalized spacial score (nSPS) is 24.9. The van der Waals surface area contributed by atoms with E-state index in [4.69, 9.17) is 9.47 Å². The van der Waals surface area contributed by atoms with Crippen molar-refractivity contribution in [2.24, 2.45) is 11.3 Å². The molecule has 0 radical (unpaired) electrons. The third-order valence-electron chi connectivity index (χ3n) is 7.53. The van der Waals surface area contributed by atoms with Gasteiger partial charge in [-0.15, -0.1) is 0 Å². The van der Waals surface area contributed by atoms with Crippen LogP contribution in [-0.4, -0.2) is 25.2 Å². The van der Waals surface area contributed by atoms with Gasteiger partial charge >= 0.3 is 0 Å². The number of hydrogen-bond donors (Lipinski definition) is 1. The number of ether oxygens (including phenoxy) is 2. The molecule has 1 heterocycles. The summed E-state index contributed by atoms with van der Waals surface area (Å²) in [5.41, 5.74) is 0.617. The zero-order chi connectivity index (χ0) is 20.7. The largest absolute Gasteiger partial charge is 0.489 e. The summed E-state index contributed by atoms with van der Waals surface area (Å²) in [6, 6.07) is 7.90. The fourth-order valence-electron chi connectivity index (χ4n) is 5.77. The summed E-state index contributed by atoms with van der Waals surface area (Å²) in [6.07, 6.45) is 17.0. The molecule has 2 aliphatic carbocycles. The van der Waals surface area contributed by atoms with Crippen LogP contribution >= 0.6 is 0 Å². The first-order chi connectivity index (χ1) is 14.8. The lowest BCUT2D eigenvalue weighted by molar-refractivity contribution is -0.128. The van der Waals surface area contributed by atoms with Crippen LogP contribution in [0.4, 0.5) is 5.69 Å². The summed E-state index contributed by atoms with van der Waals surface area (Å²) in [7, 11) is 0. The van der Waals surface area contributed by atoms with Crippen LogP contribution in [0.1, 0.15) is 89.9 Å². The van der Waals surface area contributed by atoms with E-state index >= 15 is 0 Å². The second-order valence-electron chi connectivity index (χ2n) is 9.80. The SMILES string of the molecule is O=C(Nc1ccccc1OCC1CCCCO1)C1(CC2CCCCC2)CCCCC1. The van der Waals surface area contributed by atoms with Gasteiger partial charge < -0.3 is 14.8 Å². The molecule has 4 nitrogen and oxygen atoms in total. The molecule has 0 spiro atoms. The summed E-state index contributed by atoms with van der Waals surface area (Å²) < 4.78 is 11.9. The Morgan fingerprint density at radius 1 is 0.967 bits per heavy atom.